The topological polar surface area (TPSA) is 169 Å². The van der Waals surface area contributed by atoms with Crippen molar-refractivity contribution in [2.45, 2.75) is 41.5 Å². The molecule has 0 atom stereocenters. The highest BCUT2D eigenvalue weighted by atomic mass is 36.0. The van der Waals surface area contributed by atoms with Crippen LogP contribution in [0, 0.1) is 0 Å². The Labute approximate surface area is 289 Å². The molecule has 2 aromatic heterocycles. The van der Waals surface area contributed by atoms with E-state index in [9.17, 15) is 14.2 Å². The summed E-state index contributed by atoms with van der Waals surface area (Å²) < 4.78 is 9.51. The van der Waals surface area contributed by atoms with Crippen molar-refractivity contribution in [2.75, 3.05) is 5.73 Å². The molecule has 2 heterocycles. The summed E-state index contributed by atoms with van der Waals surface area (Å²) in [6.07, 6.45) is 0.250. The number of aromatic amines is 2. The SMILES string of the molecule is CC.CC.CC.Clc1nc(Cl)c2ccccc2n1.Nc1ccccc1.O=C=O.O=P(Cl)(Cl)Cl.O=c1[nH]c(=O)c2ccccc2[nH]1.[2HH].[2HH]. The van der Waals surface area contributed by atoms with Crippen molar-refractivity contribution >= 4 is 95.8 Å². The Morgan fingerprint density at radius 2 is 1.13 bits per heavy atom. The molecule has 45 heavy (non-hydrogen) atoms. The van der Waals surface area contributed by atoms with Crippen LogP contribution in [0.4, 0.5) is 5.69 Å². The van der Waals surface area contributed by atoms with Crippen molar-refractivity contribution in [3.63, 3.8) is 0 Å². The molecule has 0 unspecified atom stereocenters. The Hall–Kier alpha value is -3.20. The van der Waals surface area contributed by atoms with Gasteiger partial charge in [-0.05, 0) is 81.7 Å². The van der Waals surface area contributed by atoms with E-state index >= 15 is 0 Å². The molecule has 0 spiro atoms. The third-order valence-electron chi connectivity index (χ3n) is 3.98. The van der Waals surface area contributed by atoms with Crippen LogP contribution in [0.5, 0.6) is 0 Å². The van der Waals surface area contributed by atoms with Crippen LogP contribution in [-0.2, 0) is 14.2 Å². The minimum absolute atomic E-state index is 0. The molecule has 3 aromatic carbocycles. The number of aromatic nitrogens is 4. The first-order valence-electron chi connectivity index (χ1n) is 13.1. The molecule has 0 saturated heterocycles. The molecule has 0 aliphatic heterocycles. The molecule has 0 saturated carbocycles. The number of nitrogens with one attached hydrogen (secondary N) is 2. The van der Waals surface area contributed by atoms with E-state index in [-0.39, 0.29) is 19.8 Å². The molecule has 0 aliphatic rings. The number of halogens is 5. The maximum Gasteiger partial charge on any atom is 0.373 e. The summed E-state index contributed by atoms with van der Waals surface area (Å²) in [4.78, 5) is 50.7. The lowest BCUT2D eigenvalue weighted by Crippen LogP contribution is -2.21. The number of anilines is 1. The zero-order chi connectivity index (χ0) is 35.4. The van der Waals surface area contributed by atoms with Crippen LogP contribution in [0.15, 0.2) is 88.5 Å². The van der Waals surface area contributed by atoms with Crippen molar-refractivity contribution in [1.29, 1.82) is 0 Å². The second-order valence-electron chi connectivity index (χ2n) is 6.65. The van der Waals surface area contributed by atoms with Gasteiger partial charge in [0.15, 0.2) is 0 Å². The first kappa shape index (κ1) is 46.2. The third kappa shape index (κ3) is 23.8. The summed E-state index contributed by atoms with van der Waals surface area (Å²) in [6.45, 7) is 12.0. The Kier molecular flexibility index (Phi) is 29.1. The lowest BCUT2D eigenvalue weighted by Gasteiger charge is -1.97. The fourth-order valence-corrected chi connectivity index (χ4v) is 3.04. The van der Waals surface area contributed by atoms with Gasteiger partial charge in [-0.15, -0.1) is 0 Å². The predicted octanol–water partition coefficient (Wildman–Crippen LogP) is 10.2. The van der Waals surface area contributed by atoms with Gasteiger partial charge in [0.1, 0.15) is 5.15 Å². The van der Waals surface area contributed by atoms with Crippen molar-refractivity contribution in [1.82, 2.24) is 19.9 Å². The van der Waals surface area contributed by atoms with E-state index < -0.39 is 10.9 Å². The third-order valence-corrected chi connectivity index (χ3v) is 4.43. The number of nitrogen functional groups attached to an aromatic ring is 1. The van der Waals surface area contributed by atoms with Gasteiger partial charge in [0, 0.05) is 13.9 Å². The number of carbonyl (C=O) groups excluding carboxylic acids is 2. The Morgan fingerprint density at radius 1 is 0.711 bits per heavy atom. The van der Waals surface area contributed by atoms with Gasteiger partial charge in [-0.2, -0.15) is 9.59 Å². The van der Waals surface area contributed by atoms with Gasteiger partial charge in [-0.3, -0.25) is 14.3 Å². The quantitative estimate of drug-likeness (QED) is 0.0608. The molecule has 0 aliphatic carbocycles. The van der Waals surface area contributed by atoms with E-state index in [1.165, 1.54) is 0 Å². The second-order valence-corrected chi connectivity index (χ2v) is 14.0. The summed E-state index contributed by atoms with van der Waals surface area (Å²) in [6, 6.07) is 23.8. The molecule has 0 radical (unpaired) electrons. The largest absolute Gasteiger partial charge is 0.399 e. The summed E-state index contributed by atoms with van der Waals surface area (Å²) in [7, 11) is 0. The van der Waals surface area contributed by atoms with Gasteiger partial charge >= 0.3 is 17.0 Å². The monoisotopic (exact) mass is 745 g/mol. The smallest absolute Gasteiger partial charge is 0.373 e. The summed E-state index contributed by atoms with van der Waals surface area (Å²) in [5.41, 5.74) is 6.68. The van der Waals surface area contributed by atoms with E-state index in [0.29, 0.717) is 16.1 Å². The number of para-hydroxylation sites is 3. The fourth-order valence-electron chi connectivity index (χ4n) is 2.58. The molecule has 0 bridgehead atoms. The lowest BCUT2D eigenvalue weighted by molar-refractivity contribution is -0.191. The molecule has 4 N–H and O–H groups in total. The number of H-pyrrole nitrogens is 2. The fraction of sp³-hybridized carbons (Fsp3) is 0.207. The highest BCUT2D eigenvalue weighted by molar-refractivity contribution is 8.24. The number of nitrogens with two attached hydrogens (primary N) is 1. The van der Waals surface area contributed by atoms with Crippen molar-refractivity contribution < 1.29 is 17.0 Å². The van der Waals surface area contributed by atoms with E-state index in [1.54, 1.807) is 24.3 Å². The van der Waals surface area contributed by atoms with E-state index in [2.05, 4.69) is 53.7 Å². The van der Waals surface area contributed by atoms with Gasteiger partial charge in [0.2, 0.25) is 5.28 Å². The molecule has 5 aromatic rings. The zero-order valence-electron chi connectivity index (χ0n) is 25.4. The Balaban J connectivity index is -0.000000158. The average molecular weight is 748 g/mol. The molecule has 10 nitrogen and oxygen atoms in total. The van der Waals surface area contributed by atoms with Crippen molar-refractivity contribution in [2.24, 2.45) is 0 Å². The van der Waals surface area contributed by atoms with Crippen LogP contribution >= 0.6 is 62.1 Å². The molecule has 0 amide bonds. The molecule has 250 valence electrons. The van der Waals surface area contributed by atoms with Crippen molar-refractivity contribution in [3.05, 3.63) is 110 Å². The Morgan fingerprint density at radius 3 is 1.60 bits per heavy atom. The first-order chi connectivity index (χ1) is 21.3. The lowest BCUT2D eigenvalue weighted by atomic mass is 10.2. The van der Waals surface area contributed by atoms with Crippen LogP contribution in [0.1, 0.15) is 44.4 Å². The number of rotatable bonds is 0. The Bertz CT molecular complexity index is 1700. The minimum Gasteiger partial charge on any atom is -0.399 e. The van der Waals surface area contributed by atoms with Crippen LogP contribution < -0.4 is 17.0 Å². The van der Waals surface area contributed by atoms with Gasteiger partial charge in [-0.1, -0.05) is 95.6 Å². The van der Waals surface area contributed by atoms with Gasteiger partial charge < -0.3 is 10.7 Å². The average Bonchev–Trinajstić information content (AvgIpc) is 3.01. The molecular formula is C29H39Cl5N5O5P. The summed E-state index contributed by atoms with van der Waals surface area (Å²) in [5, 5.41) is -1.33. The first-order valence-corrected chi connectivity index (χ1v) is 18.3. The highest BCUT2D eigenvalue weighted by Gasteiger charge is 2.03. The van der Waals surface area contributed by atoms with E-state index in [1.807, 2.05) is 96.1 Å². The normalized spacial score (nSPS) is 8.78. The second kappa shape index (κ2) is 28.3. The zero-order valence-corrected chi connectivity index (χ0v) is 30.0. The number of fused-ring (bicyclic) bond motifs is 2. The van der Waals surface area contributed by atoms with Crippen molar-refractivity contribution in [3.8, 4) is 0 Å². The van der Waals surface area contributed by atoms with E-state index in [4.69, 9.17) is 38.5 Å². The molecular weight excluding hydrogens is 707 g/mol. The van der Waals surface area contributed by atoms with Crippen LogP contribution in [0.2, 0.25) is 10.4 Å². The van der Waals surface area contributed by atoms with Crippen LogP contribution in [0.3, 0.4) is 0 Å². The van der Waals surface area contributed by atoms with Crippen LogP contribution in [0.25, 0.3) is 21.8 Å². The summed E-state index contributed by atoms with van der Waals surface area (Å²) >= 11 is 25.3. The minimum atomic E-state index is -3.22. The number of hydrogen-bond acceptors (Lipinski definition) is 8. The maximum atomic E-state index is 11.1. The van der Waals surface area contributed by atoms with Gasteiger partial charge in [0.05, 0.1) is 16.4 Å². The molecule has 5 rings (SSSR count). The number of benzene rings is 3. The number of hydrogen-bond donors (Lipinski definition) is 3. The molecule has 0 fully saturated rings. The van der Waals surface area contributed by atoms with Gasteiger partial charge in [-0.25, -0.2) is 14.8 Å². The predicted molar refractivity (Wildman–Crippen MR) is 194 cm³/mol. The van der Waals surface area contributed by atoms with Gasteiger partial charge in [0.25, 0.3) is 5.56 Å². The van der Waals surface area contributed by atoms with Crippen LogP contribution in [-0.4, -0.2) is 26.1 Å². The standard InChI is InChI=1S/C8H4Cl2N2.C8H6N2O2.C6H7N.3C2H6.CO2.Cl3OP.2H2/c9-7-5-3-1-2-4-6(5)11-8(10)12-7;11-7-5-3-1-2-4-6(5)9-8(12)10-7;7-6-4-2-1-3-5-6;3*1-2;2-1-3;1-5(2,3)4;;/h1-4H;1-4H,(H2,9,10,11,12);1-5H,7H2;3*1-2H3;;;2*1H/i;;;;;;;;2*1+1. The van der Waals surface area contributed by atoms with E-state index in [0.717, 1.165) is 16.6 Å². The summed E-state index contributed by atoms with van der Waals surface area (Å²) in [5.74, 6) is 0. The highest BCUT2D eigenvalue weighted by Crippen LogP contribution is 2.61. The molecule has 16 heteroatoms. The number of nitrogens with zero attached hydrogens (tertiary/aromatic N) is 2. The maximum absolute atomic E-state index is 11.1.